The van der Waals surface area contributed by atoms with Crippen molar-refractivity contribution in [3.8, 4) is 11.5 Å². The quantitative estimate of drug-likeness (QED) is 0.441. The van der Waals surface area contributed by atoms with Crippen LogP contribution in [0.25, 0.3) is 0 Å². The van der Waals surface area contributed by atoms with Gasteiger partial charge in [-0.05, 0) is 42.8 Å². The Morgan fingerprint density at radius 1 is 0.913 bits per heavy atom. The molecule has 2 aromatic carbocycles. The molecule has 23 heavy (non-hydrogen) atoms. The van der Waals surface area contributed by atoms with E-state index in [1.54, 1.807) is 24.3 Å². The summed E-state index contributed by atoms with van der Waals surface area (Å²) in [5.41, 5.74) is 0.330. The van der Waals surface area contributed by atoms with E-state index in [1.807, 2.05) is 6.07 Å². The Kier molecular flexibility index (Phi) is 5.62. The first kappa shape index (κ1) is 16.9. The number of alkyl halides is 3. The first-order valence-electron chi connectivity index (χ1n) is 7.01. The Bertz CT molecular complexity index is 622. The molecule has 2 rings (SSSR count). The van der Waals surface area contributed by atoms with E-state index < -0.39 is 18.6 Å². The minimum Gasteiger partial charge on any atom is -0.494 e. The molecule has 122 valence electrons. The van der Waals surface area contributed by atoms with Gasteiger partial charge in [-0.15, -0.1) is 0 Å². The summed E-state index contributed by atoms with van der Waals surface area (Å²) in [5, 5.41) is 0. The van der Waals surface area contributed by atoms with Gasteiger partial charge in [0.25, 0.3) is 0 Å². The van der Waals surface area contributed by atoms with Gasteiger partial charge in [-0.25, -0.2) is 4.79 Å². The number of benzene rings is 2. The van der Waals surface area contributed by atoms with Crippen LogP contribution in [-0.2, 0) is 0 Å². The van der Waals surface area contributed by atoms with Crippen LogP contribution in [-0.4, -0.2) is 18.8 Å². The lowest BCUT2D eigenvalue weighted by atomic mass is 10.2. The molecule has 0 amide bonds. The van der Waals surface area contributed by atoms with Crippen LogP contribution < -0.4 is 9.47 Å². The van der Waals surface area contributed by atoms with Crippen LogP contribution in [0.1, 0.15) is 23.2 Å². The molecule has 3 nitrogen and oxygen atoms in total. The minimum absolute atomic E-state index is 0.0344. The summed E-state index contributed by atoms with van der Waals surface area (Å²) in [6.45, 7) is -0.0344. The van der Waals surface area contributed by atoms with Crippen molar-refractivity contribution in [2.75, 3.05) is 6.61 Å². The number of carbonyl (C=O) groups excluding carboxylic acids is 1. The van der Waals surface area contributed by atoms with Crippen LogP contribution in [0.2, 0.25) is 0 Å². The first-order valence-corrected chi connectivity index (χ1v) is 7.01. The van der Waals surface area contributed by atoms with Crippen LogP contribution in [0.5, 0.6) is 11.5 Å². The maximum atomic E-state index is 12.0. The molecule has 0 heterocycles. The number of carbonyl (C=O) groups is 1. The monoisotopic (exact) mass is 324 g/mol. The largest absolute Gasteiger partial charge is 0.494 e. The van der Waals surface area contributed by atoms with Gasteiger partial charge in [0.2, 0.25) is 0 Å². The van der Waals surface area contributed by atoms with Gasteiger partial charge in [-0.2, -0.15) is 13.2 Å². The van der Waals surface area contributed by atoms with Crippen LogP contribution >= 0.6 is 0 Å². The fourth-order valence-electron chi connectivity index (χ4n) is 1.80. The van der Waals surface area contributed by atoms with Gasteiger partial charge in [0.15, 0.2) is 0 Å². The molecule has 0 spiro atoms. The molecule has 0 saturated heterocycles. The summed E-state index contributed by atoms with van der Waals surface area (Å²) < 4.78 is 46.4. The zero-order valence-electron chi connectivity index (χ0n) is 12.2. The highest BCUT2D eigenvalue weighted by atomic mass is 19.4. The van der Waals surface area contributed by atoms with E-state index >= 15 is 0 Å². The molecule has 0 aliphatic carbocycles. The second kappa shape index (κ2) is 7.67. The van der Waals surface area contributed by atoms with E-state index in [2.05, 4.69) is 0 Å². The first-order chi connectivity index (χ1) is 10.9. The summed E-state index contributed by atoms with van der Waals surface area (Å²) in [7, 11) is 0. The van der Waals surface area contributed by atoms with Crippen molar-refractivity contribution in [1.29, 1.82) is 0 Å². The summed E-state index contributed by atoms with van der Waals surface area (Å²) >= 11 is 0. The molecule has 0 aliphatic rings. The number of ether oxygens (including phenoxy) is 2. The van der Waals surface area contributed by atoms with E-state index in [9.17, 15) is 18.0 Å². The topological polar surface area (TPSA) is 35.5 Å². The van der Waals surface area contributed by atoms with Crippen LogP contribution in [0.3, 0.4) is 0 Å². The van der Waals surface area contributed by atoms with E-state index in [4.69, 9.17) is 9.47 Å². The SMILES string of the molecule is O=C(Oc1ccccc1)c1ccc(OCCCC(F)(F)F)cc1. The van der Waals surface area contributed by atoms with Crippen LogP contribution in [0, 0.1) is 0 Å². The number of esters is 1. The van der Waals surface area contributed by atoms with Crippen LogP contribution in [0.15, 0.2) is 54.6 Å². The molecule has 0 atom stereocenters. The van der Waals surface area contributed by atoms with E-state index in [1.165, 1.54) is 24.3 Å². The fraction of sp³-hybridized carbons (Fsp3) is 0.235. The molecule has 0 N–H and O–H groups in total. The van der Waals surface area contributed by atoms with Gasteiger partial charge in [0.1, 0.15) is 11.5 Å². The second-order valence-electron chi connectivity index (χ2n) is 4.79. The van der Waals surface area contributed by atoms with E-state index in [0.717, 1.165) is 0 Å². The van der Waals surface area contributed by atoms with Gasteiger partial charge in [-0.1, -0.05) is 18.2 Å². The van der Waals surface area contributed by atoms with Crippen molar-refractivity contribution in [2.45, 2.75) is 19.0 Å². The van der Waals surface area contributed by atoms with Gasteiger partial charge >= 0.3 is 12.1 Å². The average Bonchev–Trinajstić information content (AvgIpc) is 2.52. The van der Waals surface area contributed by atoms with Gasteiger partial charge in [0, 0.05) is 6.42 Å². The smallest absolute Gasteiger partial charge is 0.389 e. The Labute approximate surface area is 131 Å². The maximum absolute atomic E-state index is 12.0. The number of rotatable bonds is 6. The molecule has 2 aromatic rings. The zero-order chi connectivity index (χ0) is 16.7. The zero-order valence-corrected chi connectivity index (χ0v) is 12.2. The third kappa shape index (κ3) is 6.02. The number of hydrogen-bond acceptors (Lipinski definition) is 3. The highest BCUT2D eigenvalue weighted by Gasteiger charge is 2.26. The summed E-state index contributed by atoms with van der Waals surface area (Å²) in [4.78, 5) is 11.9. The van der Waals surface area contributed by atoms with Gasteiger partial charge in [-0.3, -0.25) is 0 Å². The highest BCUT2D eigenvalue weighted by Crippen LogP contribution is 2.22. The Morgan fingerprint density at radius 3 is 2.17 bits per heavy atom. The predicted molar refractivity (Wildman–Crippen MR) is 78.6 cm³/mol. The van der Waals surface area contributed by atoms with Crippen molar-refractivity contribution in [1.82, 2.24) is 0 Å². The molecule has 0 aromatic heterocycles. The summed E-state index contributed by atoms with van der Waals surface area (Å²) in [6, 6.07) is 14.7. The van der Waals surface area contributed by atoms with Crippen molar-refractivity contribution in [3.63, 3.8) is 0 Å². The predicted octanol–water partition coefficient (Wildman–Crippen LogP) is 4.63. The highest BCUT2D eigenvalue weighted by molar-refractivity contribution is 5.91. The number of halogens is 3. The maximum Gasteiger partial charge on any atom is 0.389 e. The molecule has 0 bridgehead atoms. The second-order valence-corrected chi connectivity index (χ2v) is 4.79. The van der Waals surface area contributed by atoms with E-state index in [0.29, 0.717) is 17.1 Å². The third-order valence-electron chi connectivity index (χ3n) is 2.92. The average molecular weight is 324 g/mol. The van der Waals surface area contributed by atoms with Crippen molar-refractivity contribution in [2.24, 2.45) is 0 Å². The molecular weight excluding hydrogens is 309 g/mol. The lowest BCUT2D eigenvalue weighted by Crippen LogP contribution is -2.10. The van der Waals surface area contributed by atoms with Crippen molar-refractivity contribution >= 4 is 5.97 Å². The molecule has 0 unspecified atom stereocenters. The molecule has 0 aliphatic heterocycles. The Balaban J connectivity index is 1.83. The molecule has 0 fully saturated rings. The minimum atomic E-state index is -4.17. The molecular formula is C17H15F3O3. The number of hydrogen-bond donors (Lipinski definition) is 0. The van der Waals surface area contributed by atoms with Crippen LogP contribution in [0.4, 0.5) is 13.2 Å². The number of para-hydroxylation sites is 1. The molecule has 0 radical (unpaired) electrons. The lowest BCUT2D eigenvalue weighted by molar-refractivity contribution is -0.136. The summed E-state index contributed by atoms with van der Waals surface area (Å²) in [6.07, 6.45) is -5.16. The normalized spacial score (nSPS) is 11.1. The lowest BCUT2D eigenvalue weighted by Gasteiger charge is -2.09. The molecule has 0 saturated carbocycles. The summed E-state index contributed by atoms with van der Waals surface area (Å²) in [5.74, 6) is 0.327. The molecule has 6 heteroatoms. The Morgan fingerprint density at radius 2 is 1.57 bits per heavy atom. The fourth-order valence-corrected chi connectivity index (χ4v) is 1.80. The standard InChI is InChI=1S/C17H15F3O3/c18-17(19,20)11-4-12-22-14-9-7-13(8-10-14)16(21)23-15-5-2-1-3-6-15/h1-3,5-10H,4,11-12H2. The van der Waals surface area contributed by atoms with Crippen molar-refractivity contribution < 1.29 is 27.4 Å². The third-order valence-corrected chi connectivity index (χ3v) is 2.92. The van der Waals surface area contributed by atoms with E-state index in [-0.39, 0.29) is 13.0 Å². The van der Waals surface area contributed by atoms with Crippen molar-refractivity contribution in [3.05, 3.63) is 60.2 Å². The van der Waals surface area contributed by atoms with Gasteiger partial charge < -0.3 is 9.47 Å². The van der Waals surface area contributed by atoms with Gasteiger partial charge in [0.05, 0.1) is 12.2 Å². The Hall–Kier alpha value is -2.50.